The Kier molecular flexibility index (Phi) is 13.5. The maximum absolute atomic E-state index is 13.4. The van der Waals surface area contributed by atoms with Gasteiger partial charge in [-0.2, -0.15) is 0 Å². The number of carbonyl (C=O) groups is 3. The summed E-state index contributed by atoms with van der Waals surface area (Å²) in [6.45, 7) is 1.63. The maximum Gasteiger partial charge on any atom is 0.325 e. The number of ether oxygens (including phenoxy) is 4. The molecule has 0 spiro atoms. The maximum atomic E-state index is 13.4. The van der Waals surface area contributed by atoms with E-state index in [9.17, 15) is 24.6 Å². The van der Waals surface area contributed by atoms with Gasteiger partial charge in [-0.1, -0.05) is 48.5 Å². The summed E-state index contributed by atoms with van der Waals surface area (Å²) >= 11 is 0. The molecule has 54 heavy (non-hydrogen) atoms. The predicted octanol–water partition coefficient (Wildman–Crippen LogP) is 4.06. The van der Waals surface area contributed by atoms with Crippen LogP contribution in [0.25, 0.3) is 22.8 Å². The number of carbonyl (C=O) groups excluding carboxylic acids is 3. The van der Waals surface area contributed by atoms with Gasteiger partial charge in [0, 0.05) is 42.2 Å². The summed E-state index contributed by atoms with van der Waals surface area (Å²) in [5, 5.41) is 28.0. The predicted molar refractivity (Wildman–Crippen MR) is 204 cm³/mol. The molecule has 0 unspecified atom stereocenters. The largest absolute Gasteiger partial charge is 0.496 e. The molecule has 0 aliphatic heterocycles. The van der Waals surface area contributed by atoms with Crippen LogP contribution in [0.1, 0.15) is 50.3 Å². The average Bonchev–Trinajstić information content (AvgIpc) is 3.61. The molecule has 1 aliphatic carbocycles. The summed E-state index contributed by atoms with van der Waals surface area (Å²) in [6.07, 6.45) is 5.37. The number of hydrogen-bond acceptors (Lipinski definition) is 12. The second-order valence-corrected chi connectivity index (χ2v) is 12.7. The minimum atomic E-state index is -0.911. The summed E-state index contributed by atoms with van der Waals surface area (Å²) in [6, 6.07) is 17.8. The number of aromatic nitrogens is 1. The lowest BCUT2D eigenvalue weighted by molar-refractivity contribution is -0.145. The molecule has 4 aromatic rings. The highest BCUT2D eigenvalue weighted by molar-refractivity contribution is 6.04. The highest BCUT2D eigenvalue weighted by Gasteiger charge is 2.23. The first-order valence-electron chi connectivity index (χ1n) is 17.4. The third-order valence-corrected chi connectivity index (χ3v) is 9.50. The highest BCUT2D eigenvalue weighted by Crippen LogP contribution is 2.41. The summed E-state index contributed by atoms with van der Waals surface area (Å²) in [5.74, 6) is -0.480. The van der Waals surface area contributed by atoms with E-state index in [4.69, 9.17) is 18.9 Å². The number of methoxy groups -OCH3 is 4. The number of anilines is 1. The topological polar surface area (TPSA) is 178 Å². The van der Waals surface area contributed by atoms with Crippen LogP contribution in [-0.4, -0.2) is 86.8 Å². The van der Waals surface area contributed by atoms with Gasteiger partial charge >= 0.3 is 11.9 Å². The van der Waals surface area contributed by atoms with Crippen molar-refractivity contribution in [2.24, 2.45) is 0 Å². The average molecular weight is 739 g/mol. The molecule has 3 aromatic carbocycles. The van der Waals surface area contributed by atoms with E-state index in [0.29, 0.717) is 29.3 Å². The van der Waals surface area contributed by atoms with Gasteiger partial charge in [0.15, 0.2) is 0 Å². The van der Waals surface area contributed by atoms with Crippen molar-refractivity contribution in [1.29, 1.82) is 0 Å². The van der Waals surface area contributed by atoms with Crippen molar-refractivity contribution < 1.29 is 43.5 Å². The molecule has 5 rings (SSSR count). The van der Waals surface area contributed by atoms with Crippen LogP contribution in [0.15, 0.2) is 66.9 Å². The van der Waals surface area contributed by atoms with E-state index < -0.39 is 36.5 Å². The zero-order valence-electron chi connectivity index (χ0n) is 31.0. The quantitative estimate of drug-likeness (QED) is 0.104. The molecule has 1 amide bonds. The van der Waals surface area contributed by atoms with Crippen molar-refractivity contribution in [2.45, 2.75) is 44.9 Å². The summed E-state index contributed by atoms with van der Waals surface area (Å²) in [7, 11) is 5.61. The molecule has 0 bridgehead atoms. The number of nitrogens with one attached hydrogen (secondary N) is 3. The van der Waals surface area contributed by atoms with Gasteiger partial charge in [0.05, 0.1) is 41.7 Å². The van der Waals surface area contributed by atoms with Gasteiger partial charge in [-0.05, 0) is 70.9 Å². The van der Waals surface area contributed by atoms with Crippen LogP contribution >= 0.6 is 0 Å². The Morgan fingerprint density at radius 2 is 1.39 bits per heavy atom. The number of esters is 2. The lowest BCUT2D eigenvalue weighted by Crippen LogP contribution is -2.40. The fourth-order valence-electron chi connectivity index (χ4n) is 6.51. The zero-order valence-corrected chi connectivity index (χ0v) is 31.0. The molecule has 0 saturated carbocycles. The molecule has 0 saturated heterocycles. The first-order valence-corrected chi connectivity index (χ1v) is 17.4. The number of aliphatic hydroxyl groups is 2. The fraction of sp³-hybridized carbons (Fsp3) is 0.317. The SMILES string of the molecule is COC(=O)[C@H](CO)NCc1ccc(/C=C2\CCc3c2cccc3-c2cccc(NC(=O)c3cc(OC)c(CN[C@@H](CO)C(=O)OC)cn3)c2C)cc1OC. The fourth-order valence-corrected chi connectivity index (χ4v) is 6.51. The number of allylic oxidation sites excluding steroid dienone is 1. The lowest BCUT2D eigenvalue weighted by atomic mass is 9.92. The Bertz CT molecular complexity index is 2030. The van der Waals surface area contributed by atoms with Crippen LogP contribution in [0.4, 0.5) is 5.69 Å². The monoisotopic (exact) mass is 738 g/mol. The number of hydrogen-bond donors (Lipinski definition) is 5. The lowest BCUT2D eigenvalue weighted by Gasteiger charge is -2.17. The first-order chi connectivity index (χ1) is 26.1. The molecule has 1 heterocycles. The van der Waals surface area contributed by atoms with Crippen molar-refractivity contribution in [1.82, 2.24) is 15.6 Å². The number of fused-ring (bicyclic) bond motifs is 1. The number of aliphatic hydroxyl groups excluding tert-OH is 2. The van der Waals surface area contributed by atoms with Gasteiger partial charge < -0.3 is 34.5 Å². The van der Waals surface area contributed by atoms with Crippen molar-refractivity contribution >= 4 is 35.2 Å². The summed E-state index contributed by atoms with van der Waals surface area (Å²) < 4.78 is 20.6. The molecule has 1 aliphatic rings. The van der Waals surface area contributed by atoms with Crippen LogP contribution in [0.3, 0.4) is 0 Å². The minimum Gasteiger partial charge on any atom is -0.496 e. The molecular weight excluding hydrogens is 692 g/mol. The second-order valence-electron chi connectivity index (χ2n) is 12.7. The van der Waals surface area contributed by atoms with Gasteiger partial charge in [-0.3, -0.25) is 30.0 Å². The Morgan fingerprint density at radius 1 is 0.778 bits per heavy atom. The van der Waals surface area contributed by atoms with Crippen LogP contribution in [-0.2, 0) is 38.6 Å². The molecule has 5 N–H and O–H groups in total. The highest BCUT2D eigenvalue weighted by atomic mass is 16.5. The van der Waals surface area contributed by atoms with E-state index in [1.807, 2.05) is 43.3 Å². The molecule has 0 fully saturated rings. The van der Waals surface area contributed by atoms with Crippen molar-refractivity contribution in [3.63, 3.8) is 0 Å². The van der Waals surface area contributed by atoms with Crippen LogP contribution in [0.2, 0.25) is 0 Å². The normalized spacial score (nSPS) is 13.9. The van der Waals surface area contributed by atoms with E-state index in [0.717, 1.165) is 46.2 Å². The van der Waals surface area contributed by atoms with Gasteiger partial charge in [0.25, 0.3) is 5.91 Å². The third kappa shape index (κ3) is 8.95. The molecule has 284 valence electrons. The van der Waals surface area contributed by atoms with E-state index in [1.165, 1.54) is 44.7 Å². The van der Waals surface area contributed by atoms with Crippen molar-refractivity contribution in [3.05, 3.63) is 106 Å². The Labute approximate surface area is 314 Å². The number of benzene rings is 3. The van der Waals surface area contributed by atoms with E-state index >= 15 is 0 Å². The van der Waals surface area contributed by atoms with E-state index in [-0.39, 0.29) is 18.8 Å². The number of rotatable bonds is 16. The zero-order chi connectivity index (χ0) is 38.8. The van der Waals surface area contributed by atoms with Gasteiger partial charge in [-0.25, -0.2) is 0 Å². The molecule has 1 aromatic heterocycles. The van der Waals surface area contributed by atoms with Gasteiger partial charge in [0.2, 0.25) is 0 Å². The molecule has 13 heteroatoms. The smallest absolute Gasteiger partial charge is 0.325 e. The summed E-state index contributed by atoms with van der Waals surface area (Å²) in [5.41, 5.74) is 9.82. The van der Waals surface area contributed by atoms with Crippen LogP contribution in [0, 0.1) is 6.92 Å². The summed E-state index contributed by atoms with van der Waals surface area (Å²) in [4.78, 5) is 41.5. The second kappa shape index (κ2) is 18.4. The molecule has 2 atom stereocenters. The van der Waals surface area contributed by atoms with Crippen LogP contribution < -0.4 is 25.4 Å². The standard InChI is InChI=1S/C41H46N4O9/c1-24-29(8-7-11-33(24)45-39(48)34-18-38(52-3)28(20-42-34)21-44-36(23-47)41(50)54-5)31-10-6-9-30-26(14-15-32(30)31)16-25-12-13-27(37(17-25)51-2)19-43-35(22-46)40(49)53-4/h6-13,16-18,20,35-36,43-44,46-47H,14-15,19,21-23H2,1-5H3,(H,45,48)/b26-16+/t35-,36-/m0/s1. The third-order valence-electron chi connectivity index (χ3n) is 9.50. The Balaban J connectivity index is 1.33. The van der Waals surface area contributed by atoms with Gasteiger partial charge in [0.1, 0.15) is 29.3 Å². The minimum absolute atomic E-state index is 0.152. The number of amides is 1. The van der Waals surface area contributed by atoms with Crippen molar-refractivity contribution in [2.75, 3.05) is 47.0 Å². The van der Waals surface area contributed by atoms with Crippen LogP contribution in [0.5, 0.6) is 11.5 Å². The van der Waals surface area contributed by atoms with E-state index in [2.05, 4.69) is 45.2 Å². The Hall–Kier alpha value is -5.60. The van der Waals surface area contributed by atoms with Crippen molar-refractivity contribution in [3.8, 4) is 22.6 Å². The first kappa shape index (κ1) is 39.6. The van der Waals surface area contributed by atoms with Gasteiger partial charge in [-0.15, -0.1) is 0 Å². The molecular formula is C41H46N4O9. The Morgan fingerprint density at radius 3 is 2.04 bits per heavy atom. The number of nitrogens with zero attached hydrogens (tertiary/aromatic N) is 1. The number of pyridine rings is 1. The van der Waals surface area contributed by atoms with E-state index in [1.54, 1.807) is 7.11 Å². The molecule has 0 radical (unpaired) electrons. The molecule has 13 nitrogen and oxygen atoms in total.